The predicted molar refractivity (Wildman–Crippen MR) is 125 cm³/mol. The zero-order valence-corrected chi connectivity index (χ0v) is 19.6. The molecule has 0 spiro atoms. The molecule has 7 nitrogen and oxygen atoms in total. The number of hydrogen-bond acceptors (Lipinski definition) is 6. The van der Waals surface area contributed by atoms with Gasteiger partial charge >= 0.3 is 6.09 Å². The van der Waals surface area contributed by atoms with E-state index in [9.17, 15) is 4.79 Å². The number of para-hydroxylation sites is 2. The van der Waals surface area contributed by atoms with Crippen LogP contribution in [0.15, 0.2) is 42.5 Å². The fourth-order valence-electron chi connectivity index (χ4n) is 3.54. The van der Waals surface area contributed by atoms with Crippen LogP contribution in [0, 0.1) is 0 Å². The number of amides is 1. The third-order valence-electron chi connectivity index (χ3n) is 5.19. The number of carbonyl (C=O) groups excluding carboxylic acids is 1. The van der Waals surface area contributed by atoms with E-state index in [0.29, 0.717) is 44.0 Å². The second-order valence-electron chi connectivity index (χ2n) is 8.81. The minimum absolute atomic E-state index is 0.0177. The lowest BCUT2D eigenvalue weighted by Gasteiger charge is -2.31. The average Bonchev–Trinajstić information content (AvgIpc) is 2.77. The van der Waals surface area contributed by atoms with Crippen molar-refractivity contribution in [3.05, 3.63) is 48.0 Å². The molecule has 1 N–H and O–H groups in total. The summed E-state index contributed by atoms with van der Waals surface area (Å²) in [6, 6.07) is 13.7. The van der Waals surface area contributed by atoms with Gasteiger partial charge in [-0.25, -0.2) is 4.79 Å². The molecule has 0 bridgehead atoms. The number of methoxy groups -OCH3 is 2. The van der Waals surface area contributed by atoms with Gasteiger partial charge in [0.25, 0.3) is 0 Å². The number of nitrogens with one attached hydrogen (secondary N) is 1. The lowest BCUT2D eigenvalue weighted by atomic mass is 10.1. The second-order valence-corrected chi connectivity index (χ2v) is 8.81. The molecule has 0 aromatic heterocycles. The van der Waals surface area contributed by atoms with Gasteiger partial charge in [-0.3, -0.25) is 0 Å². The normalized spacial score (nSPS) is 15.1. The number of benzene rings is 2. The summed E-state index contributed by atoms with van der Waals surface area (Å²) < 4.78 is 22.5. The highest BCUT2D eigenvalue weighted by Crippen LogP contribution is 2.30. The molecule has 1 aliphatic rings. The molecule has 3 rings (SSSR count). The molecule has 2 aromatic carbocycles. The number of rotatable bonds is 8. The molecule has 32 heavy (non-hydrogen) atoms. The van der Waals surface area contributed by atoms with Crippen LogP contribution in [0.3, 0.4) is 0 Å². The van der Waals surface area contributed by atoms with Gasteiger partial charge in [-0.1, -0.05) is 18.2 Å². The van der Waals surface area contributed by atoms with E-state index >= 15 is 0 Å². The van der Waals surface area contributed by atoms with Crippen molar-refractivity contribution in [1.29, 1.82) is 0 Å². The molecular formula is C25H34N2O5. The van der Waals surface area contributed by atoms with Gasteiger partial charge in [0, 0.05) is 19.5 Å². The van der Waals surface area contributed by atoms with E-state index in [0.717, 1.165) is 17.0 Å². The molecule has 1 unspecified atom stereocenters. The highest BCUT2D eigenvalue weighted by Gasteiger charge is 2.25. The fourth-order valence-corrected chi connectivity index (χ4v) is 3.54. The second kappa shape index (κ2) is 10.5. The minimum Gasteiger partial charge on any atom is -0.493 e. The Morgan fingerprint density at radius 3 is 2.56 bits per heavy atom. The molecular weight excluding hydrogens is 408 g/mol. The lowest BCUT2D eigenvalue weighted by Crippen LogP contribution is -2.41. The summed E-state index contributed by atoms with van der Waals surface area (Å²) in [6.45, 7) is 7.40. The smallest absolute Gasteiger partial charge is 0.410 e. The molecule has 1 aliphatic heterocycles. The predicted octanol–water partition coefficient (Wildman–Crippen LogP) is 4.75. The summed E-state index contributed by atoms with van der Waals surface area (Å²) in [5.74, 6) is 2.20. The molecule has 0 radical (unpaired) electrons. The molecule has 174 valence electrons. The Morgan fingerprint density at radius 2 is 1.84 bits per heavy atom. The van der Waals surface area contributed by atoms with Crippen molar-refractivity contribution in [3.63, 3.8) is 0 Å². The maximum atomic E-state index is 12.9. The topological polar surface area (TPSA) is 69.3 Å². The van der Waals surface area contributed by atoms with Crippen LogP contribution in [0.4, 0.5) is 10.5 Å². The van der Waals surface area contributed by atoms with E-state index in [1.807, 2.05) is 63.2 Å². The standard InChI is InChI=1S/C25H34N2O5/c1-25(2,3)32-24(28)27(14-12-18-10-11-22(29-4)23(16-18)30-5)15-13-19-17-26-20-8-6-7-9-21(20)31-19/h6-11,16,19,26H,12-15,17H2,1-5H3. The van der Waals surface area contributed by atoms with Gasteiger partial charge in [0.05, 0.1) is 26.5 Å². The lowest BCUT2D eigenvalue weighted by molar-refractivity contribution is 0.0231. The number of anilines is 1. The summed E-state index contributed by atoms with van der Waals surface area (Å²) in [5, 5.41) is 3.40. The van der Waals surface area contributed by atoms with Crippen LogP contribution in [0.25, 0.3) is 0 Å². The molecule has 1 amide bonds. The van der Waals surface area contributed by atoms with Crippen LogP contribution >= 0.6 is 0 Å². The first-order chi connectivity index (χ1) is 15.3. The van der Waals surface area contributed by atoms with Crippen LogP contribution in [-0.2, 0) is 11.2 Å². The van der Waals surface area contributed by atoms with Crippen molar-refractivity contribution in [3.8, 4) is 17.2 Å². The summed E-state index contributed by atoms with van der Waals surface area (Å²) in [4.78, 5) is 14.6. The van der Waals surface area contributed by atoms with Gasteiger partial charge in [0.15, 0.2) is 11.5 Å². The minimum atomic E-state index is -0.555. The van der Waals surface area contributed by atoms with Crippen molar-refractivity contribution in [2.75, 3.05) is 39.2 Å². The summed E-state index contributed by atoms with van der Waals surface area (Å²) in [6.07, 6.45) is 1.04. The molecule has 2 aromatic rings. The Morgan fingerprint density at radius 1 is 1.09 bits per heavy atom. The third kappa shape index (κ3) is 6.45. The van der Waals surface area contributed by atoms with Gasteiger partial charge in [0.2, 0.25) is 0 Å². The number of fused-ring (bicyclic) bond motifs is 1. The number of hydrogen-bond donors (Lipinski definition) is 1. The Kier molecular flexibility index (Phi) is 7.72. The van der Waals surface area contributed by atoms with E-state index < -0.39 is 5.60 Å². The van der Waals surface area contributed by atoms with Gasteiger partial charge < -0.3 is 29.2 Å². The third-order valence-corrected chi connectivity index (χ3v) is 5.19. The van der Waals surface area contributed by atoms with Gasteiger partial charge in [0.1, 0.15) is 17.5 Å². The monoisotopic (exact) mass is 442 g/mol. The van der Waals surface area contributed by atoms with Crippen LogP contribution < -0.4 is 19.5 Å². The molecule has 0 saturated carbocycles. The highest BCUT2D eigenvalue weighted by molar-refractivity contribution is 5.68. The van der Waals surface area contributed by atoms with E-state index in [1.54, 1.807) is 19.1 Å². The Bertz CT molecular complexity index is 909. The number of ether oxygens (including phenoxy) is 4. The first kappa shape index (κ1) is 23.6. The Labute approximate surface area is 190 Å². The van der Waals surface area contributed by atoms with Crippen LogP contribution in [0.1, 0.15) is 32.8 Å². The van der Waals surface area contributed by atoms with Crippen molar-refractivity contribution < 1.29 is 23.7 Å². The first-order valence-electron chi connectivity index (χ1n) is 11.0. The van der Waals surface area contributed by atoms with Crippen molar-refractivity contribution >= 4 is 11.8 Å². The Hall–Kier alpha value is -3.09. The maximum Gasteiger partial charge on any atom is 0.410 e. The SMILES string of the molecule is COc1ccc(CCN(CCC2CNc3ccccc3O2)C(=O)OC(C)(C)C)cc1OC. The fraction of sp³-hybridized carbons (Fsp3) is 0.480. The zero-order chi connectivity index (χ0) is 23.1. The van der Waals surface area contributed by atoms with Gasteiger partial charge in [-0.05, 0) is 57.0 Å². The molecule has 7 heteroatoms. The number of nitrogens with zero attached hydrogens (tertiary/aromatic N) is 1. The van der Waals surface area contributed by atoms with E-state index in [4.69, 9.17) is 18.9 Å². The molecule has 0 fully saturated rings. The van der Waals surface area contributed by atoms with Crippen LogP contribution in [0.5, 0.6) is 17.2 Å². The average molecular weight is 443 g/mol. The van der Waals surface area contributed by atoms with E-state index in [-0.39, 0.29) is 12.2 Å². The summed E-state index contributed by atoms with van der Waals surface area (Å²) in [7, 11) is 3.23. The highest BCUT2D eigenvalue weighted by atomic mass is 16.6. The van der Waals surface area contributed by atoms with Crippen molar-refractivity contribution in [1.82, 2.24) is 4.90 Å². The van der Waals surface area contributed by atoms with E-state index in [1.165, 1.54) is 0 Å². The van der Waals surface area contributed by atoms with Crippen molar-refractivity contribution in [2.24, 2.45) is 0 Å². The van der Waals surface area contributed by atoms with Gasteiger partial charge in [-0.2, -0.15) is 0 Å². The van der Waals surface area contributed by atoms with Crippen molar-refractivity contribution in [2.45, 2.75) is 45.3 Å². The number of carbonyl (C=O) groups is 1. The molecule has 1 atom stereocenters. The molecule has 1 heterocycles. The summed E-state index contributed by atoms with van der Waals surface area (Å²) >= 11 is 0. The maximum absolute atomic E-state index is 12.9. The molecule has 0 aliphatic carbocycles. The largest absolute Gasteiger partial charge is 0.493 e. The van der Waals surface area contributed by atoms with Crippen LogP contribution in [-0.4, -0.2) is 56.6 Å². The zero-order valence-electron chi connectivity index (χ0n) is 19.6. The summed E-state index contributed by atoms with van der Waals surface area (Å²) in [5.41, 5.74) is 1.50. The quantitative estimate of drug-likeness (QED) is 0.636. The first-order valence-corrected chi connectivity index (χ1v) is 11.0. The molecule has 0 saturated heterocycles. The van der Waals surface area contributed by atoms with Crippen LogP contribution in [0.2, 0.25) is 0 Å². The van der Waals surface area contributed by atoms with E-state index in [2.05, 4.69) is 5.32 Å². The van der Waals surface area contributed by atoms with Gasteiger partial charge in [-0.15, -0.1) is 0 Å². The Balaban J connectivity index is 1.64.